The lowest BCUT2D eigenvalue weighted by Gasteiger charge is -2.40. The number of halogens is 3. The van der Waals surface area contributed by atoms with Gasteiger partial charge < -0.3 is 19.3 Å². The summed E-state index contributed by atoms with van der Waals surface area (Å²) in [4.78, 5) is 5.79. The van der Waals surface area contributed by atoms with E-state index in [4.69, 9.17) is 21.1 Å². The van der Waals surface area contributed by atoms with Gasteiger partial charge in [-0.15, -0.1) is 0 Å². The van der Waals surface area contributed by atoms with Gasteiger partial charge in [0.25, 0.3) is 0 Å². The van der Waals surface area contributed by atoms with Gasteiger partial charge in [-0.2, -0.15) is 8.78 Å². The molecule has 6 nitrogen and oxygen atoms in total. The van der Waals surface area contributed by atoms with Crippen LogP contribution in [0, 0.1) is 0 Å². The Labute approximate surface area is 173 Å². The van der Waals surface area contributed by atoms with Gasteiger partial charge >= 0.3 is 6.61 Å². The Bertz CT molecular complexity index is 818. The van der Waals surface area contributed by atoms with Crippen molar-refractivity contribution in [2.24, 2.45) is 0 Å². The van der Waals surface area contributed by atoms with Crippen LogP contribution in [0.25, 0.3) is 0 Å². The molecule has 2 atom stereocenters. The molecular weight excluding hydrogens is 406 g/mol. The molecule has 2 unspecified atom stereocenters. The zero-order chi connectivity index (χ0) is 21.0. The normalized spacial score (nSPS) is 20.0. The number of hydrogen-bond acceptors (Lipinski definition) is 6. The first-order valence-electron chi connectivity index (χ1n) is 9.18. The van der Waals surface area contributed by atoms with E-state index in [1.54, 1.807) is 14.2 Å². The second kappa shape index (κ2) is 9.56. The molecule has 0 radical (unpaired) electrons. The molecule has 1 fully saturated rings. The molecule has 9 heteroatoms. The van der Waals surface area contributed by atoms with Gasteiger partial charge in [0.05, 0.1) is 19.8 Å². The SMILES string of the molecule is COc1cccc(OC)c1C1CCCC(O)N1Cc1cnc(OC(F)F)c(Cl)c1. The highest BCUT2D eigenvalue weighted by Crippen LogP contribution is 2.43. The molecule has 0 bridgehead atoms. The van der Waals surface area contributed by atoms with Crippen molar-refractivity contribution < 1.29 is 28.1 Å². The van der Waals surface area contributed by atoms with Gasteiger partial charge in [0.1, 0.15) is 22.7 Å². The molecule has 1 aromatic carbocycles. The fourth-order valence-corrected chi connectivity index (χ4v) is 3.93. The number of rotatable bonds is 7. The van der Waals surface area contributed by atoms with Crippen LogP contribution in [0.15, 0.2) is 30.5 Å². The van der Waals surface area contributed by atoms with E-state index in [1.165, 1.54) is 12.3 Å². The van der Waals surface area contributed by atoms with Crippen molar-refractivity contribution in [3.8, 4) is 17.4 Å². The second-order valence-electron chi connectivity index (χ2n) is 6.68. The molecule has 0 aliphatic carbocycles. The molecule has 3 rings (SSSR count). The van der Waals surface area contributed by atoms with E-state index < -0.39 is 12.8 Å². The third-order valence-electron chi connectivity index (χ3n) is 4.95. The number of piperidine rings is 1. The van der Waals surface area contributed by atoms with Crippen molar-refractivity contribution in [2.75, 3.05) is 14.2 Å². The number of likely N-dealkylation sites (tertiary alicyclic amines) is 1. The number of methoxy groups -OCH3 is 2. The van der Waals surface area contributed by atoms with Crippen LogP contribution in [0.4, 0.5) is 8.78 Å². The Morgan fingerprint density at radius 1 is 1.24 bits per heavy atom. The molecule has 2 heterocycles. The van der Waals surface area contributed by atoms with E-state index in [0.717, 1.165) is 18.4 Å². The molecule has 1 aliphatic rings. The molecule has 158 valence electrons. The highest BCUT2D eigenvalue weighted by Gasteiger charge is 2.34. The Morgan fingerprint density at radius 2 is 1.93 bits per heavy atom. The van der Waals surface area contributed by atoms with Crippen molar-refractivity contribution in [1.82, 2.24) is 9.88 Å². The predicted molar refractivity (Wildman–Crippen MR) is 104 cm³/mol. The molecule has 1 saturated heterocycles. The Kier molecular flexibility index (Phi) is 7.10. The molecule has 1 aromatic heterocycles. The van der Waals surface area contributed by atoms with E-state index in [-0.39, 0.29) is 16.9 Å². The van der Waals surface area contributed by atoms with Crippen LogP contribution < -0.4 is 14.2 Å². The summed E-state index contributed by atoms with van der Waals surface area (Å²) in [5.74, 6) is 1.02. The average Bonchev–Trinajstić information content (AvgIpc) is 2.70. The quantitative estimate of drug-likeness (QED) is 0.705. The number of pyridine rings is 1. The van der Waals surface area contributed by atoms with Crippen LogP contribution in [-0.2, 0) is 6.54 Å². The topological polar surface area (TPSA) is 64.0 Å². The number of alkyl halides is 2. The molecule has 0 saturated carbocycles. The third kappa shape index (κ3) is 4.88. The van der Waals surface area contributed by atoms with Crippen molar-refractivity contribution in [3.63, 3.8) is 0 Å². The first-order valence-corrected chi connectivity index (χ1v) is 9.56. The van der Waals surface area contributed by atoms with Crippen LogP contribution in [0.2, 0.25) is 5.02 Å². The van der Waals surface area contributed by atoms with Crippen LogP contribution in [-0.4, -0.2) is 42.0 Å². The van der Waals surface area contributed by atoms with Gasteiger partial charge in [0.15, 0.2) is 0 Å². The van der Waals surface area contributed by atoms with Crippen LogP contribution in [0.5, 0.6) is 17.4 Å². The Hall–Kier alpha value is -2.16. The monoisotopic (exact) mass is 428 g/mol. The molecular formula is C20H23ClF2N2O4. The van der Waals surface area contributed by atoms with Gasteiger partial charge in [0.2, 0.25) is 5.88 Å². The predicted octanol–water partition coefficient (Wildman–Crippen LogP) is 4.40. The second-order valence-corrected chi connectivity index (χ2v) is 7.09. The van der Waals surface area contributed by atoms with Crippen LogP contribution in [0.3, 0.4) is 0 Å². The minimum Gasteiger partial charge on any atom is -0.496 e. The van der Waals surface area contributed by atoms with Crippen molar-refractivity contribution in [1.29, 1.82) is 0 Å². The maximum atomic E-state index is 12.4. The maximum Gasteiger partial charge on any atom is 0.388 e. The van der Waals surface area contributed by atoms with Gasteiger partial charge in [0, 0.05) is 18.8 Å². The molecule has 2 aromatic rings. The summed E-state index contributed by atoms with van der Waals surface area (Å²) in [6.07, 6.45) is 2.97. The lowest BCUT2D eigenvalue weighted by Crippen LogP contribution is -2.41. The number of hydrogen-bond donors (Lipinski definition) is 1. The summed E-state index contributed by atoms with van der Waals surface area (Å²) in [5.41, 5.74) is 1.52. The smallest absolute Gasteiger partial charge is 0.388 e. The summed E-state index contributed by atoms with van der Waals surface area (Å²) in [6, 6.07) is 6.90. The molecule has 0 amide bonds. The largest absolute Gasteiger partial charge is 0.496 e. The van der Waals surface area contributed by atoms with Crippen molar-refractivity contribution in [3.05, 3.63) is 46.6 Å². The van der Waals surface area contributed by atoms with Crippen molar-refractivity contribution in [2.45, 2.75) is 44.7 Å². The summed E-state index contributed by atoms with van der Waals surface area (Å²) >= 11 is 6.03. The van der Waals surface area contributed by atoms with E-state index >= 15 is 0 Å². The van der Waals surface area contributed by atoms with Gasteiger partial charge in [-0.3, -0.25) is 4.90 Å². The minimum atomic E-state index is -3.00. The zero-order valence-electron chi connectivity index (χ0n) is 16.1. The standard InChI is InChI=1S/C20H23ClF2N2O4/c1-27-15-6-4-7-16(28-2)18(15)14-5-3-8-17(26)25(14)11-12-9-13(21)19(24-10-12)29-20(22)23/h4,6-7,9-10,14,17,20,26H,3,5,8,11H2,1-2H3. The minimum absolute atomic E-state index is 0.0132. The number of nitrogens with zero attached hydrogens (tertiary/aromatic N) is 2. The maximum absolute atomic E-state index is 12.4. The first-order chi connectivity index (χ1) is 13.9. The summed E-state index contributed by atoms with van der Waals surface area (Å²) in [6.45, 7) is -2.69. The van der Waals surface area contributed by atoms with Gasteiger partial charge in [-0.25, -0.2) is 4.98 Å². The third-order valence-corrected chi connectivity index (χ3v) is 5.22. The summed E-state index contributed by atoms with van der Waals surface area (Å²) < 4.78 is 40.2. The number of aliphatic hydroxyl groups excluding tert-OH is 1. The highest BCUT2D eigenvalue weighted by atomic mass is 35.5. The van der Waals surface area contributed by atoms with E-state index in [0.29, 0.717) is 30.0 Å². The molecule has 29 heavy (non-hydrogen) atoms. The molecule has 0 spiro atoms. The van der Waals surface area contributed by atoms with E-state index in [2.05, 4.69) is 9.72 Å². The fraction of sp³-hybridized carbons (Fsp3) is 0.450. The molecule has 1 aliphatic heterocycles. The number of benzene rings is 1. The summed E-state index contributed by atoms with van der Waals surface area (Å²) in [5, 5.41) is 10.7. The first kappa shape index (κ1) is 21.5. The van der Waals surface area contributed by atoms with E-state index in [1.807, 2.05) is 23.1 Å². The average molecular weight is 429 g/mol. The number of aliphatic hydroxyl groups is 1. The van der Waals surface area contributed by atoms with Gasteiger partial charge in [-0.05, 0) is 43.0 Å². The Balaban J connectivity index is 1.92. The van der Waals surface area contributed by atoms with Gasteiger partial charge in [-0.1, -0.05) is 17.7 Å². The van der Waals surface area contributed by atoms with Crippen LogP contribution in [0.1, 0.15) is 36.4 Å². The zero-order valence-corrected chi connectivity index (χ0v) is 16.9. The summed E-state index contributed by atoms with van der Waals surface area (Å²) in [7, 11) is 3.18. The Morgan fingerprint density at radius 3 is 2.52 bits per heavy atom. The lowest BCUT2D eigenvalue weighted by atomic mass is 9.92. The molecule has 1 N–H and O–H groups in total. The lowest BCUT2D eigenvalue weighted by molar-refractivity contribution is -0.0645. The number of ether oxygens (including phenoxy) is 3. The highest BCUT2D eigenvalue weighted by molar-refractivity contribution is 6.31. The van der Waals surface area contributed by atoms with Crippen LogP contribution >= 0.6 is 11.6 Å². The van der Waals surface area contributed by atoms with E-state index in [9.17, 15) is 13.9 Å². The van der Waals surface area contributed by atoms with Crippen molar-refractivity contribution >= 4 is 11.6 Å². The fourth-order valence-electron chi connectivity index (χ4n) is 3.70. The number of aromatic nitrogens is 1.